The monoisotopic (exact) mass is 156 g/mol. The van der Waals surface area contributed by atoms with Crippen LogP contribution in [0.1, 0.15) is 25.7 Å². The van der Waals surface area contributed by atoms with Gasteiger partial charge in [-0.25, -0.2) is 0 Å². The third-order valence-electron chi connectivity index (χ3n) is 2.29. The minimum atomic E-state index is 1.22. The Morgan fingerprint density at radius 1 is 0.909 bits per heavy atom. The topological polar surface area (TPSA) is 15.3 Å². The van der Waals surface area contributed by atoms with Gasteiger partial charge in [0.1, 0.15) is 0 Å². The van der Waals surface area contributed by atoms with E-state index in [4.69, 9.17) is 0 Å². The van der Waals surface area contributed by atoms with E-state index in [1.807, 2.05) is 0 Å². The summed E-state index contributed by atoms with van der Waals surface area (Å²) in [5, 5.41) is 3.45. The average molecular weight is 156 g/mol. The number of nitrogens with one attached hydrogen (secondary N) is 1. The third kappa shape index (κ3) is 4.38. The predicted octanol–water partition coefficient (Wildman–Crippen LogP) is 1.08. The summed E-state index contributed by atoms with van der Waals surface area (Å²) in [7, 11) is 2.23. The number of hydrogen-bond donors (Lipinski definition) is 1. The molecule has 1 heterocycles. The Hall–Kier alpha value is -0.0800. The SMILES string of the molecule is CN1CCCCNCCCC1. The van der Waals surface area contributed by atoms with E-state index >= 15 is 0 Å². The van der Waals surface area contributed by atoms with Crippen molar-refractivity contribution in [2.75, 3.05) is 33.2 Å². The van der Waals surface area contributed by atoms with Gasteiger partial charge in [-0.3, -0.25) is 0 Å². The Bertz CT molecular complexity index is 83.6. The first-order valence-corrected chi connectivity index (χ1v) is 4.79. The van der Waals surface area contributed by atoms with Crippen molar-refractivity contribution in [2.24, 2.45) is 0 Å². The summed E-state index contributed by atoms with van der Waals surface area (Å²) in [6.45, 7) is 4.99. The second-order valence-corrected chi connectivity index (χ2v) is 3.47. The molecule has 0 bridgehead atoms. The van der Waals surface area contributed by atoms with Crippen LogP contribution in [0.25, 0.3) is 0 Å². The van der Waals surface area contributed by atoms with E-state index in [9.17, 15) is 0 Å². The van der Waals surface area contributed by atoms with Gasteiger partial charge in [0.05, 0.1) is 0 Å². The van der Waals surface area contributed by atoms with Gasteiger partial charge in [-0.05, 0) is 58.9 Å². The molecule has 1 saturated heterocycles. The van der Waals surface area contributed by atoms with Crippen LogP contribution >= 0.6 is 0 Å². The Balaban J connectivity index is 2.12. The second-order valence-electron chi connectivity index (χ2n) is 3.47. The molecule has 0 atom stereocenters. The van der Waals surface area contributed by atoms with Crippen LogP contribution < -0.4 is 5.32 Å². The zero-order chi connectivity index (χ0) is 7.94. The van der Waals surface area contributed by atoms with Crippen LogP contribution in [0.5, 0.6) is 0 Å². The standard InChI is InChI=1S/C9H20N2/c1-11-8-4-2-6-10-7-3-5-9-11/h10H,2-9H2,1H3. The summed E-state index contributed by atoms with van der Waals surface area (Å²) in [5.74, 6) is 0. The van der Waals surface area contributed by atoms with Crippen molar-refractivity contribution in [2.45, 2.75) is 25.7 Å². The number of nitrogens with zero attached hydrogens (tertiary/aromatic N) is 1. The van der Waals surface area contributed by atoms with Gasteiger partial charge in [-0.1, -0.05) is 0 Å². The molecule has 0 aromatic rings. The maximum atomic E-state index is 3.45. The minimum absolute atomic E-state index is 1.22. The first kappa shape index (κ1) is 9.01. The van der Waals surface area contributed by atoms with Gasteiger partial charge in [0.15, 0.2) is 0 Å². The van der Waals surface area contributed by atoms with Crippen molar-refractivity contribution in [3.05, 3.63) is 0 Å². The third-order valence-corrected chi connectivity index (χ3v) is 2.29. The fraction of sp³-hybridized carbons (Fsp3) is 1.00. The molecule has 1 N–H and O–H groups in total. The van der Waals surface area contributed by atoms with Gasteiger partial charge in [0.25, 0.3) is 0 Å². The van der Waals surface area contributed by atoms with Crippen LogP contribution in [-0.4, -0.2) is 38.1 Å². The van der Waals surface area contributed by atoms with Gasteiger partial charge in [0, 0.05) is 0 Å². The largest absolute Gasteiger partial charge is 0.317 e. The van der Waals surface area contributed by atoms with Gasteiger partial charge >= 0.3 is 0 Å². The average Bonchev–Trinajstić information content (AvgIpc) is 2.03. The van der Waals surface area contributed by atoms with Crippen LogP contribution in [0.4, 0.5) is 0 Å². The van der Waals surface area contributed by atoms with E-state index in [0.717, 1.165) is 0 Å². The lowest BCUT2D eigenvalue weighted by molar-refractivity contribution is 0.309. The minimum Gasteiger partial charge on any atom is -0.317 e. The lowest BCUT2D eigenvalue weighted by atomic mass is 10.2. The molecular weight excluding hydrogens is 136 g/mol. The second kappa shape index (κ2) is 5.56. The summed E-state index contributed by atoms with van der Waals surface area (Å²) >= 11 is 0. The van der Waals surface area contributed by atoms with E-state index in [1.54, 1.807) is 0 Å². The highest BCUT2D eigenvalue weighted by atomic mass is 15.1. The van der Waals surface area contributed by atoms with Crippen LogP contribution in [0.2, 0.25) is 0 Å². The molecule has 0 saturated carbocycles. The van der Waals surface area contributed by atoms with Crippen molar-refractivity contribution in [3.8, 4) is 0 Å². The molecule has 0 aromatic carbocycles. The van der Waals surface area contributed by atoms with Crippen LogP contribution in [-0.2, 0) is 0 Å². The molecule has 66 valence electrons. The summed E-state index contributed by atoms with van der Waals surface area (Å²) in [4.78, 5) is 2.45. The Morgan fingerprint density at radius 3 is 2.00 bits per heavy atom. The Kier molecular flexibility index (Phi) is 4.55. The van der Waals surface area contributed by atoms with Crippen LogP contribution in [0.15, 0.2) is 0 Å². The lowest BCUT2D eigenvalue weighted by Gasteiger charge is -2.18. The van der Waals surface area contributed by atoms with E-state index in [-0.39, 0.29) is 0 Å². The smallest absolute Gasteiger partial charge is 0.00213 e. The zero-order valence-electron chi connectivity index (χ0n) is 7.60. The molecule has 1 rings (SSSR count). The highest BCUT2D eigenvalue weighted by molar-refractivity contribution is 4.58. The van der Waals surface area contributed by atoms with Crippen LogP contribution in [0, 0.1) is 0 Å². The molecule has 0 radical (unpaired) electrons. The molecule has 0 spiro atoms. The molecule has 11 heavy (non-hydrogen) atoms. The lowest BCUT2D eigenvalue weighted by Crippen LogP contribution is -2.26. The molecular formula is C9H20N2. The first-order chi connectivity index (χ1) is 5.39. The molecule has 0 amide bonds. The highest BCUT2D eigenvalue weighted by Gasteiger charge is 1.99. The van der Waals surface area contributed by atoms with Gasteiger partial charge < -0.3 is 10.2 Å². The fourth-order valence-electron chi connectivity index (χ4n) is 1.50. The normalized spacial score (nSPS) is 24.8. The van der Waals surface area contributed by atoms with E-state index in [2.05, 4.69) is 17.3 Å². The quantitative estimate of drug-likeness (QED) is 0.564. The number of rotatable bonds is 0. The summed E-state index contributed by atoms with van der Waals surface area (Å²) in [6, 6.07) is 0. The summed E-state index contributed by atoms with van der Waals surface area (Å²) in [5.41, 5.74) is 0. The molecule has 2 heteroatoms. The van der Waals surface area contributed by atoms with Crippen molar-refractivity contribution in [3.63, 3.8) is 0 Å². The van der Waals surface area contributed by atoms with Crippen molar-refractivity contribution in [1.29, 1.82) is 0 Å². The summed E-state index contributed by atoms with van der Waals surface area (Å²) in [6.07, 6.45) is 5.38. The van der Waals surface area contributed by atoms with Gasteiger partial charge in [0.2, 0.25) is 0 Å². The maximum Gasteiger partial charge on any atom is -0.00213 e. The summed E-state index contributed by atoms with van der Waals surface area (Å²) < 4.78 is 0. The maximum absolute atomic E-state index is 3.45. The fourth-order valence-corrected chi connectivity index (χ4v) is 1.50. The molecule has 0 unspecified atom stereocenters. The van der Waals surface area contributed by atoms with Crippen molar-refractivity contribution < 1.29 is 0 Å². The van der Waals surface area contributed by atoms with E-state index < -0.39 is 0 Å². The predicted molar refractivity (Wildman–Crippen MR) is 48.8 cm³/mol. The molecule has 1 aliphatic rings. The molecule has 0 aliphatic carbocycles. The molecule has 1 fully saturated rings. The van der Waals surface area contributed by atoms with Crippen molar-refractivity contribution in [1.82, 2.24) is 10.2 Å². The van der Waals surface area contributed by atoms with Gasteiger partial charge in [-0.2, -0.15) is 0 Å². The van der Waals surface area contributed by atoms with Crippen molar-refractivity contribution >= 4 is 0 Å². The van der Waals surface area contributed by atoms with E-state index in [1.165, 1.54) is 51.9 Å². The molecule has 0 aromatic heterocycles. The molecule has 2 nitrogen and oxygen atoms in total. The Labute approximate surface area is 70.0 Å². The van der Waals surface area contributed by atoms with Crippen LogP contribution in [0.3, 0.4) is 0 Å². The number of hydrogen-bond acceptors (Lipinski definition) is 2. The van der Waals surface area contributed by atoms with E-state index in [0.29, 0.717) is 0 Å². The zero-order valence-corrected chi connectivity index (χ0v) is 7.60. The first-order valence-electron chi connectivity index (χ1n) is 4.79. The highest BCUT2D eigenvalue weighted by Crippen LogP contribution is 1.97. The Morgan fingerprint density at radius 2 is 1.45 bits per heavy atom. The van der Waals surface area contributed by atoms with Gasteiger partial charge in [-0.15, -0.1) is 0 Å². The molecule has 1 aliphatic heterocycles.